The fraction of sp³-hybridized carbons (Fsp3) is 0.273. The van der Waals surface area contributed by atoms with E-state index in [1.807, 2.05) is 18.2 Å². The number of nitrogens with one attached hydrogen (secondary N) is 1. The third-order valence-electron chi connectivity index (χ3n) is 4.51. The molecule has 0 fully saturated rings. The second-order valence-electron chi connectivity index (χ2n) is 6.44. The Morgan fingerprint density at radius 1 is 1.00 bits per heavy atom. The van der Waals surface area contributed by atoms with Crippen LogP contribution >= 0.6 is 0 Å². The van der Waals surface area contributed by atoms with Gasteiger partial charge in [-0.25, -0.2) is 0 Å². The van der Waals surface area contributed by atoms with Crippen molar-refractivity contribution in [2.24, 2.45) is 0 Å². The van der Waals surface area contributed by atoms with Crippen LogP contribution in [0.2, 0.25) is 0 Å². The smallest absolute Gasteiger partial charge is 0.259 e. The molecule has 0 bridgehead atoms. The SMILES string of the molecule is CCCc1cccc(CCC)c1NC(=O)c1ccc2cccnc2c1O. The van der Waals surface area contributed by atoms with Gasteiger partial charge in [0.1, 0.15) is 5.52 Å². The number of aryl methyl sites for hydroxylation is 2. The lowest BCUT2D eigenvalue weighted by molar-refractivity contribution is 0.102. The Morgan fingerprint density at radius 2 is 1.69 bits per heavy atom. The molecular weight excluding hydrogens is 324 g/mol. The molecule has 0 saturated heterocycles. The highest BCUT2D eigenvalue weighted by molar-refractivity contribution is 6.09. The first-order valence-electron chi connectivity index (χ1n) is 9.14. The van der Waals surface area contributed by atoms with E-state index in [0.29, 0.717) is 5.52 Å². The lowest BCUT2D eigenvalue weighted by Crippen LogP contribution is -2.15. The Kier molecular flexibility index (Phi) is 5.52. The van der Waals surface area contributed by atoms with E-state index in [0.717, 1.165) is 47.9 Å². The molecular formula is C22H24N2O2. The van der Waals surface area contributed by atoms with E-state index in [2.05, 4.69) is 36.3 Å². The summed E-state index contributed by atoms with van der Waals surface area (Å²) in [6.45, 7) is 4.25. The highest BCUT2D eigenvalue weighted by Gasteiger charge is 2.17. The van der Waals surface area contributed by atoms with Crippen molar-refractivity contribution in [2.75, 3.05) is 5.32 Å². The number of para-hydroxylation sites is 1. The summed E-state index contributed by atoms with van der Waals surface area (Å²) in [6, 6.07) is 13.3. The molecule has 1 aromatic heterocycles. The summed E-state index contributed by atoms with van der Waals surface area (Å²) in [6.07, 6.45) is 5.42. The number of hydrogen-bond donors (Lipinski definition) is 2. The second kappa shape index (κ2) is 8.00. The first-order valence-corrected chi connectivity index (χ1v) is 9.14. The monoisotopic (exact) mass is 348 g/mol. The van der Waals surface area contributed by atoms with Gasteiger partial charge >= 0.3 is 0 Å². The van der Waals surface area contributed by atoms with E-state index < -0.39 is 0 Å². The number of hydrogen-bond acceptors (Lipinski definition) is 3. The number of pyridine rings is 1. The van der Waals surface area contributed by atoms with Crippen LogP contribution in [-0.4, -0.2) is 16.0 Å². The largest absolute Gasteiger partial charge is 0.505 e. The maximum absolute atomic E-state index is 12.9. The molecule has 134 valence electrons. The van der Waals surface area contributed by atoms with Crippen molar-refractivity contribution >= 4 is 22.5 Å². The summed E-state index contributed by atoms with van der Waals surface area (Å²) in [5.41, 5.74) is 3.82. The van der Waals surface area contributed by atoms with Crippen LogP contribution in [0.25, 0.3) is 10.9 Å². The van der Waals surface area contributed by atoms with Gasteiger partial charge in [-0.3, -0.25) is 9.78 Å². The molecule has 0 aliphatic carbocycles. The molecule has 0 saturated carbocycles. The molecule has 4 heteroatoms. The van der Waals surface area contributed by atoms with Crippen molar-refractivity contribution in [3.8, 4) is 5.75 Å². The van der Waals surface area contributed by atoms with Crippen molar-refractivity contribution in [3.05, 3.63) is 65.4 Å². The van der Waals surface area contributed by atoms with Crippen LogP contribution in [0.15, 0.2) is 48.7 Å². The predicted molar refractivity (Wildman–Crippen MR) is 106 cm³/mol. The third-order valence-corrected chi connectivity index (χ3v) is 4.51. The summed E-state index contributed by atoms with van der Waals surface area (Å²) in [7, 11) is 0. The van der Waals surface area contributed by atoms with Crippen molar-refractivity contribution in [2.45, 2.75) is 39.5 Å². The van der Waals surface area contributed by atoms with Crippen molar-refractivity contribution in [1.29, 1.82) is 0 Å². The molecule has 0 unspecified atom stereocenters. The molecule has 2 N–H and O–H groups in total. The number of carbonyl (C=O) groups excluding carboxylic acids is 1. The number of anilines is 1. The maximum atomic E-state index is 12.9. The standard InChI is InChI=1S/C22H24N2O2/c1-3-7-15-9-5-10-16(8-4-2)19(15)24-22(26)18-13-12-17-11-6-14-23-20(17)21(18)25/h5-6,9-14,25H,3-4,7-8H2,1-2H3,(H,24,26). The van der Waals surface area contributed by atoms with Gasteiger partial charge in [0, 0.05) is 17.3 Å². The number of nitrogens with zero attached hydrogens (tertiary/aromatic N) is 1. The van der Waals surface area contributed by atoms with Crippen LogP contribution in [0.4, 0.5) is 5.69 Å². The average molecular weight is 348 g/mol. The van der Waals surface area contributed by atoms with Gasteiger partial charge in [-0.05, 0) is 36.1 Å². The highest BCUT2D eigenvalue weighted by Crippen LogP contribution is 2.29. The number of fused-ring (bicyclic) bond motifs is 1. The summed E-state index contributed by atoms with van der Waals surface area (Å²) in [5.74, 6) is -0.387. The number of phenolic OH excluding ortho intramolecular Hbond substituents is 1. The van der Waals surface area contributed by atoms with Gasteiger partial charge in [0.2, 0.25) is 0 Å². The third kappa shape index (κ3) is 3.54. The molecule has 1 amide bonds. The van der Waals surface area contributed by atoms with Gasteiger partial charge < -0.3 is 10.4 Å². The number of amides is 1. The number of aromatic hydroxyl groups is 1. The Bertz CT molecular complexity index is 910. The maximum Gasteiger partial charge on any atom is 0.259 e. The number of aromatic nitrogens is 1. The predicted octanol–water partition coefficient (Wildman–Crippen LogP) is 5.10. The summed E-state index contributed by atoms with van der Waals surface area (Å²) < 4.78 is 0. The Labute approximate surface area is 153 Å². The van der Waals surface area contributed by atoms with Crippen LogP contribution in [-0.2, 0) is 12.8 Å². The molecule has 26 heavy (non-hydrogen) atoms. The zero-order valence-corrected chi connectivity index (χ0v) is 15.2. The van der Waals surface area contributed by atoms with Gasteiger partial charge in [-0.2, -0.15) is 0 Å². The van der Waals surface area contributed by atoms with Gasteiger partial charge in [0.05, 0.1) is 5.56 Å². The highest BCUT2D eigenvalue weighted by atomic mass is 16.3. The normalized spacial score (nSPS) is 10.8. The summed E-state index contributed by atoms with van der Waals surface area (Å²) in [4.78, 5) is 17.1. The molecule has 2 aromatic carbocycles. The first kappa shape index (κ1) is 17.9. The molecule has 0 spiro atoms. The number of phenols is 1. The second-order valence-corrected chi connectivity index (χ2v) is 6.44. The van der Waals surface area contributed by atoms with Crippen molar-refractivity contribution in [3.63, 3.8) is 0 Å². The lowest BCUT2D eigenvalue weighted by atomic mass is 9.99. The average Bonchev–Trinajstić information content (AvgIpc) is 2.65. The summed E-state index contributed by atoms with van der Waals surface area (Å²) in [5, 5.41) is 14.4. The number of benzene rings is 2. The molecule has 1 heterocycles. The minimum Gasteiger partial charge on any atom is -0.505 e. The Hall–Kier alpha value is -2.88. The van der Waals surface area contributed by atoms with Crippen molar-refractivity contribution in [1.82, 2.24) is 4.98 Å². The molecule has 4 nitrogen and oxygen atoms in total. The topological polar surface area (TPSA) is 62.2 Å². The molecule has 0 aliphatic rings. The number of rotatable bonds is 6. The zero-order valence-electron chi connectivity index (χ0n) is 15.2. The molecule has 0 radical (unpaired) electrons. The van der Waals surface area contributed by atoms with Gasteiger partial charge in [-0.1, -0.05) is 57.0 Å². The first-order chi connectivity index (χ1) is 12.7. The van der Waals surface area contributed by atoms with E-state index in [1.54, 1.807) is 18.3 Å². The minimum atomic E-state index is -0.309. The molecule has 0 aliphatic heterocycles. The van der Waals surface area contributed by atoms with Crippen molar-refractivity contribution < 1.29 is 9.90 Å². The van der Waals surface area contributed by atoms with E-state index in [9.17, 15) is 9.90 Å². The zero-order chi connectivity index (χ0) is 18.5. The van der Waals surface area contributed by atoms with Gasteiger partial charge in [0.25, 0.3) is 5.91 Å². The van der Waals surface area contributed by atoms with Gasteiger partial charge in [0.15, 0.2) is 5.75 Å². The minimum absolute atomic E-state index is 0.0781. The van der Waals surface area contributed by atoms with Gasteiger partial charge in [-0.15, -0.1) is 0 Å². The van der Waals surface area contributed by atoms with Crippen LogP contribution in [0.1, 0.15) is 48.2 Å². The van der Waals surface area contributed by atoms with E-state index in [-0.39, 0.29) is 17.2 Å². The molecule has 0 atom stereocenters. The molecule has 3 aromatic rings. The Morgan fingerprint density at radius 3 is 2.35 bits per heavy atom. The van der Waals surface area contributed by atoms with E-state index >= 15 is 0 Å². The fourth-order valence-electron chi connectivity index (χ4n) is 3.26. The molecule has 3 rings (SSSR count). The van der Waals surface area contributed by atoms with E-state index in [4.69, 9.17) is 0 Å². The number of carbonyl (C=O) groups is 1. The van der Waals surface area contributed by atoms with E-state index in [1.165, 1.54) is 0 Å². The van der Waals surface area contributed by atoms with Crippen LogP contribution < -0.4 is 5.32 Å². The Balaban J connectivity index is 1.99. The quantitative estimate of drug-likeness (QED) is 0.651. The van der Waals surface area contributed by atoms with Crippen LogP contribution in [0, 0.1) is 0 Å². The lowest BCUT2D eigenvalue weighted by Gasteiger charge is -2.16. The fourth-order valence-corrected chi connectivity index (χ4v) is 3.26. The van der Waals surface area contributed by atoms with Crippen LogP contribution in [0.3, 0.4) is 0 Å². The van der Waals surface area contributed by atoms with Crippen LogP contribution in [0.5, 0.6) is 5.75 Å². The summed E-state index contributed by atoms with van der Waals surface area (Å²) >= 11 is 0.